The quantitative estimate of drug-likeness (QED) is 0.552. The van der Waals surface area contributed by atoms with Crippen LogP contribution in [-0.2, 0) is 0 Å². The summed E-state index contributed by atoms with van der Waals surface area (Å²) < 4.78 is 0. The van der Waals surface area contributed by atoms with Crippen LogP contribution in [0.25, 0.3) is 0 Å². The van der Waals surface area contributed by atoms with Crippen molar-refractivity contribution in [2.24, 2.45) is 0 Å². The number of hydrogen-bond donors (Lipinski definition) is 2. The number of aliphatic hydroxyl groups is 1. The largest absolute Gasteiger partial charge is 0.393 e. The summed E-state index contributed by atoms with van der Waals surface area (Å²) in [6.07, 6.45) is 1.59. The van der Waals surface area contributed by atoms with Crippen molar-refractivity contribution in [1.29, 1.82) is 5.41 Å². The highest BCUT2D eigenvalue weighted by Gasteiger charge is 1.99. The molecule has 0 aromatic rings. The van der Waals surface area contributed by atoms with Gasteiger partial charge >= 0.3 is 0 Å². The third-order valence-electron chi connectivity index (χ3n) is 1.03. The lowest BCUT2D eigenvalue weighted by Crippen LogP contribution is -2.07. The van der Waals surface area contributed by atoms with E-state index in [9.17, 15) is 0 Å². The predicted octanol–water partition coefficient (Wildman–Crippen LogP) is 1.39. The smallest absolute Gasteiger partial charge is 0.0593 e. The zero-order chi connectivity index (χ0) is 7.28. The summed E-state index contributed by atoms with van der Waals surface area (Å²) in [4.78, 5) is 0. The van der Waals surface area contributed by atoms with Gasteiger partial charge in [-0.3, -0.25) is 0 Å². The summed E-state index contributed by atoms with van der Waals surface area (Å²) in [6, 6.07) is 0. The van der Waals surface area contributed by atoms with E-state index in [1.54, 1.807) is 0 Å². The highest BCUT2D eigenvalue weighted by atomic mass is 16.3. The summed E-state index contributed by atoms with van der Waals surface area (Å²) in [5, 5.41) is 15.9. The molecule has 0 aliphatic rings. The number of hydrogen-bond acceptors (Lipinski definition) is 2. The third kappa shape index (κ3) is 5.50. The molecule has 0 saturated carbocycles. The standard InChI is InChI=1S/C7H14NO/c1-3-4-7(8)5-6(2)9/h6,8-9H,2-5H2,1H3. The summed E-state index contributed by atoms with van der Waals surface area (Å²) in [6.45, 7) is 5.39. The predicted molar refractivity (Wildman–Crippen MR) is 38.6 cm³/mol. The van der Waals surface area contributed by atoms with Crippen molar-refractivity contribution in [3.63, 3.8) is 0 Å². The molecule has 1 radical (unpaired) electrons. The van der Waals surface area contributed by atoms with Crippen LogP contribution in [0.4, 0.5) is 0 Å². The van der Waals surface area contributed by atoms with Crippen LogP contribution >= 0.6 is 0 Å². The summed E-state index contributed by atoms with van der Waals surface area (Å²) >= 11 is 0. The second-order valence-corrected chi connectivity index (χ2v) is 2.21. The minimum absolute atomic E-state index is 0.424. The highest BCUT2D eigenvalue weighted by molar-refractivity contribution is 5.81. The van der Waals surface area contributed by atoms with E-state index in [0.29, 0.717) is 12.1 Å². The maximum absolute atomic E-state index is 8.70. The van der Waals surface area contributed by atoms with Gasteiger partial charge in [0.25, 0.3) is 0 Å². The molecule has 0 aliphatic carbocycles. The number of rotatable bonds is 4. The Hall–Kier alpha value is -0.370. The van der Waals surface area contributed by atoms with Gasteiger partial charge in [0.05, 0.1) is 6.10 Å². The molecule has 2 heteroatoms. The maximum Gasteiger partial charge on any atom is 0.0593 e. The molecule has 2 nitrogen and oxygen atoms in total. The van der Waals surface area contributed by atoms with Crippen LogP contribution in [0, 0.1) is 12.3 Å². The van der Waals surface area contributed by atoms with Crippen LogP contribution in [0.15, 0.2) is 0 Å². The van der Waals surface area contributed by atoms with Crippen molar-refractivity contribution in [3.8, 4) is 0 Å². The minimum Gasteiger partial charge on any atom is -0.393 e. The first-order valence-electron chi connectivity index (χ1n) is 3.24. The van der Waals surface area contributed by atoms with E-state index in [2.05, 4.69) is 6.92 Å². The van der Waals surface area contributed by atoms with E-state index in [0.717, 1.165) is 12.8 Å². The Kier molecular flexibility index (Phi) is 4.32. The molecule has 1 unspecified atom stereocenters. The van der Waals surface area contributed by atoms with Gasteiger partial charge in [0.15, 0.2) is 0 Å². The van der Waals surface area contributed by atoms with E-state index in [-0.39, 0.29) is 0 Å². The van der Waals surface area contributed by atoms with Crippen molar-refractivity contribution in [2.45, 2.75) is 32.3 Å². The zero-order valence-corrected chi connectivity index (χ0v) is 5.85. The SMILES string of the molecule is [CH2]C(O)CC(=N)CCC. The average Bonchev–Trinajstić information content (AvgIpc) is 1.63. The van der Waals surface area contributed by atoms with E-state index in [1.807, 2.05) is 6.92 Å². The van der Waals surface area contributed by atoms with Crippen LogP contribution in [0.5, 0.6) is 0 Å². The first kappa shape index (κ1) is 8.63. The Morgan fingerprint density at radius 1 is 1.78 bits per heavy atom. The third-order valence-corrected chi connectivity index (χ3v) is 1.03. The molecule has 53 valence electrons. The Balaban J connectivity index is 3.27. The second-order valence-electron chi connectivity index (χ2n) is 2.21. The van der Waals surface area contributed by atoms with Gasteiger partial charge in [-0.05, 0) is 13.3 Å². The van der Waals surface area contributed by atoms with Crippen LogP contribution in [0.1, 0.15) is 26.2 Å². The van der Waals surface area contributed by atoms with Crippen LogP contribution in [0.2, 0.25) is 0 Å². The van der Waals surface area contributed by atoms with E-state index < -0.39 is 6.10 Å². The fourth-order valence-electron chi connectivity index (χ4n) is 0.688. The lowest BCUT2D eigenvalue weighted by molar-refractivity contribution is 0.228. The highest BCUT2D eigenvalue weighted by Crippen LogP contribution is 1.97. The van der Waals surface area contributed by atoms with E-state index in [4.69, 9.17) is 10.5 Å². The van der Waals surface area contributed by atoms with Crippen molar-refractivity contribution < 1.29 is 5.11 Å². The molecule has 1 atom stereocenters. The fraction of sp³-hybridized carbons (Fsp3) is 0.714. The zero-order valence-electron chi connectivity index (χ0n) is 5.85. The fourth-order valence-corrected chi connectivity index (χ4v) is 0.688. The minimum atomic E-state index is -0.593. The van der Waals surface area contributed by atoms with Crippen molar-refractivity contribution >= 4 is 5.71 Å². The molecule has 9 heavy (non-hydrogen) atoms. The van der Waals surface area contributed by atoms with Gasteiger partial charge < -0.3 is 10.5 Å². The molecule has 0 aromatic heterocycles. The van der Waals surface area contributed by atoms with Gasteiger partial charge in [-0.25, -0.2) is 0 Å². The van der Waals surface area contributed by atoms with Crippen molar-refractivity contribution in [2.75, 3.05) is 0 Å². The molecule has 0 aliphatic heterocycles. The van der Waals surface area contributed by atoms with Gasteiger partial charge in [-0.15, -0.1) is 0 Å². The molecule has 2 N–H and O–H groups in total. The van der Waals surface area contributed by atoms with Crippen molar-refractivity contribution in [1.82, 2.24) is 0 Å². The molecular weight excluding hydrogens is 114 g/mol. The number of nitrogens with one attached hydrogen (secondary N) is 1. The average molecular weight is 128 g/mol. The lowest BCUT2D eigenvalue weighted by atomic mass is 10.1. The Bertz CT molecular complexity index is 88.9. The summed E-state index contributed by atoms with van der Waals surface area (Å²) in [5.41, 5.74) is 0.597. The molecular formula is C7H14NO. The van der Waals surface area contributed by atoms with Gasteiger partial charge in [0.2, 0.25) is 0 Å². The maximum atomic E-state index is 8.70. The Morgan fingerprint density at radius 2 is 2.33 bits per heavy atom. The second kappa shape index (κ2) is 4.50. The van der Waals surface area contributed by atoms with Gasteiger partial charge in [-0.2, -0.15) is 0 Å². The topological polar surface area (TPSA) is 44.1 Å². The molecule has 0 bridgehead atoms. The van der Waals surface area contributed by atoms with E-state index >= 15 is 0 Å². The molecule has 0 spiro atoms. The van der Waals surface area contributed by atoms with Gasteiger partial charge in [0.1, 0.15) is 0 Å². The van der Waals surface area contributed by atoms with E-state index in [1.165, 1.54) is 0 Å². The van der Waals surface area contributed by atoms with Gasteiger partial charge in [0, 0.05) is 12.1 Å². The molecule has 0 fully saturated rings. The summed E-state index contributed by atoms with van der Waals surface area (Å²) in [5.74, 6) is 0. The van der Waals surface area contributed by atoms with Crippen LogP contribution < -0.4 is 0 Å². The lowest BCUT2D eigenvalue weighted by Gasteiger charge is -2.02. The molecule has 0 aromatic carbocycles. The molecule has 0 rings (SSSR count). The van der Waals surface area contributed by atoms with Crippen molar-refractivity contribution in [3.05, 3.63) is 6.92 Å². The first-order chi connectivity index (χ1) is 4.16. The molecule has 0 saturated heterocycles. The molecule has 0 heterocycles. The Labute approximate surface area is 56.4 Å². The first-order valence-corrected chi connectivity index (χ1v) is 3.24. The summed E-state index contributed by atoms with van der Waals surface area (Å²) in [7, 11) is 0. The number of aliphatic hydroxyl groups excluding tert-OH is 1. The Morgan fingerprint density at radius 3 is 2.67 bits per heavy atom. The monoisotopic (exact) mass is 128 g/mol. The van der Waals surface area contributed by atoms with Crippen LogP contribution in [-0.4, -0.2) is 16.9 Å². The molecule has 0 amide bonds. The van der Waals surface area contributed by atoms with Gasteiger partial charge in [-0.1, -0.05) is 13.3 Å². The van der Waals surface area contributed by atoms with Crippen LogP contribution in [0.3, 0.4) is 0 Å². The normalized spacial score (nSPS) is 13.2.